The van der Waals surface area contributed by atoms with Crippen molar-refractivity contribution in [3.63, 3.8) is 0 Å². The lowest BCUT2D eigenvalue weighted by Crippen LogP contribution is -1.97. The molecule has 0 amide bonds. The van der Waals surface area contributed by atoms with E-state index in [2.05, 4.69) is 4.98 Å². The fraction of sp³-hybridized carbons (Fsp3) is 0.133. The number of aryl methyl sites for hydroxylation is 1. The van der Waals surface area contributed by atoms with E-state index in [9.17, 15) is 14.6 Å². The summed E-state index contributed by atoms with van der Waals surface area (Å²) < 4.78 is 15.2. The van der Waals surface area contributed by atoms with Crippen molar-refractivity contribution in [1.29, 1.82) is 0 Å². The van der Waals surface area contributed by atoms with Crippen molar-refractivity contribution < 1.29 is 14.6 Å². The van der Waals surface area contributed by atoms with Crippen molar-refractivity contribution in [3.05, 3.63) is 42.2 Å². The zero-order valence-corrected chi connectivity index (χ0v) is 10.8. The largest absolute Gasteiger partial charge is 0.504 e. The van der Waals surface area contributed by atoms with Crippen molar-refractivity contribution in [1.82, 2.24) is 9.55 Å². The molecule has 3 rings (SSSR count). The molecular formula is C15H13FN2O2. The number of benzene rings is 2. The Morgan fingerprint density at radius 1 is 1.20 bits per heavy atom. The lowest BCUT2D eigenvalue weighted by atomic mass is 10.1. The van der Waals surface area contributed by atoms with Crippen LogP contribution in [0.15, 0.2) is 36.4 Å². The van der Waals surface area contributed by atoms with Gasteiger partial charge in [0, 0.05) is 6.54 Å². The molecule has 0 aliphatic rings. The normalized spacial score (nSPS) is 11.1. The number of hydrogen-bond acceptors (Lipinski definition) is 3. The molecule has 1 aromatic heterocycles. The van der Waals surface area contributed by atoms with Crippen LogP contribution in [-0.2, 0) is 6.54 Å². The summed E-state index contributed by atoms with van der Waals surface area (Å²) in [6.45, 7) is 2.49. The maximum absolute atomic E-state index is 13.4. The van der Waals surface area contributed by atoms with Gasteiger partial charge >= 0.3 is 0 Å². The van der Waals surface area contributed by atoms with Gasteiger partial charge in [-0.2, -0.15) is 0 Å². The summed E-state index contributed by atoms with van der Waals surface area (Å²) in [5, 5.41) is 19.6. The number of rotatable bonds is 2. The molecule has 0 aliphatic carbocycles. The number of imidazole rings is 1. The molecule has 1 heterocycles. The Kier molecular flexibility index (Phi) is 2.82. The lowest BCUT2D eigenvalue weighted by Gasteiger charge is -2.08. The Hall–Kier alpha value is -2.56. The number of nitrogens with zero attached hydrogens (tertiary/aromatic N) is 2. The molecule has 0 atom stereocenters. The van der Waals surface area contributed by atoms with E-state index in [0.717, 1.165) is 0 Å². The first-order chi connectivity index (χ1) is 9.61. The minimum atomic E-state index is -0.334. The molecule has 4 nitrogen and oxygen atoms in total. The Morgan fingerprint density at radius 2 is 2.00 bits per heavy atom. The maximum Gasteiger partial charge on any atom is 0.168 e. The molecule has 0 fully saturated rings. The molecule has 3 aromatic rings. The predicted molar refractivity (Wildman–Crippen MR) is 74.1 cm³/mol. The van der Waals surface area contributed by atoms with Crippen molar-refractivity contribution >= 4 is 11.0 Å². The van der Waals surface area contributed by atoms with Crippen molar-refractivity contribution in [3.8, 4) is 22.9 Å². The Morgan fingerprint density at radius 3 is 2.75 bits per heavy atom. The van der Waals surface area contributed by atoms with Crippen LogP contribution >= 0.6 is 0 Å². The number of halogens is 1. The second-order valence-electron chi connectivity index (χ2n) is 4.49. The van der Waals surface area contributed by atoms with Crippen LogP contribution in [0.5, 0.6) is 11.5 Å². The van der Waals surface area contributed by atoms with Crippen molar-refractivity contribution in [2.75, 3.05) is 0 Å². The zero-order chi connectivity index (χ0) is 14.3. The van der Waals surface area contributed by atoms with Crippen LogP contribution in [0.1, 0.15) is 6.92 Å². The highest BCUT2D eigenvalue weighted by Gasteiger charge is 2.16. The monoisotopic (exact) mass is 272 g/mol. The van der Waals surface area contributed by atoms with E-state index < -0.39 is 0 Å². The van der Waals surface area contributed by atoms with Crippen LogP contribution in [0.25, 0.3) is 22.4 Å². The molecule has 0 saturated carbocycles. The molecule has 102 valence electrons. The first-order valence-corrected chi connectivity index (χ1v) is 6.29. The average molecular weight is 272 g/mol. The molecule has 0 radical (unpaired) electrons. The van der Waals surface area contributed by atoms with Gasteiger partial charge in [0.05, 0.1) is 16.6 Å². The van der Waals surface area contributed by atoms with Gasteiger partial charge in [0.2, 0.25) is 0 Å². The molecule has 2 N–H and O–H groups in total. The average Bonchev–Trinajstić information content (AvgIpc) is 2.79. The van der Waals surface area contributed by atoms with Gasteiger partial charge in [-0.3, -0.25) is 0 Å². The summed E-state index contributed by atoms with van der Waals surface area (Å²) in [6.07, 6.45) is 0. The fourth-order valence-electron chi connectivity index (χ4n) is 2.33. The minimum absolute atomic E-state index is 0.205. The van der Waals surface area contributed by atoms with E-state index >= 15 is 0 Å². The van der Waals surface area contributed by atoms with Crippen molar-refractivity contribution in [2.24, 2.45) is 0 Å². The zero-order valence-electron chi connectivity index (χ0n) is 10.8. The summed E-state index contributed by atoms with van der Waals surface area (Å²) in [5.74, 6) is -0.262. The van der Waals surface area contributed by atoms with Crippen LogP contribution in [0.3, 0.4) is 0 Å². The van der Waals surface area contributed by atoms with Gasteiger partial charge < -0.3 is 14.8 Å². The Balaban J connectivity index is 2.33. The summed E-state index contributed by atoms with van der Waals surface area (Å²) in [5.41, 5.74) is 1.72. The standard InChI is InChI=1S/C15H13FN2O2/c1-2-18-12-8-9(16)6-7-11(12)17-15(18)10-4-3-5-13(19)14(10)20/h3-8,19-20H,2H2,1H3. The number of hydrogen-bond donors (Lipinski definition) is 2. The van der Waals surface area contributed by atoms with Gasteiger partial charge in [-0.1, -0.05) is 6.07 Å². The molecule has 20 heavy (non-hydrogen) atoms. The number of fused-ring (bicyclic) bond motifs is 1. The summed E-state index contributed by atoms with van der Waals surface area (Å²) >= 11 is 0. The molecule has 2 aromatic carbocycles. The highest BCUT2D eigenvalue weighted by molar-refractivity contribution is 5.82. The van der Waals surface area contributed by atoms with Gasteiger partial charge in [0.25, 0.3) is 0 Å². The first kappa shape index (κ1) is 12.5. The smallest absolute Gasteiger partial charge is 0.168 e. The van der Waals surface area contributed by atoms with Crippen molar-refractivity contribution in [2.45, 2.75) is 13.5 Å². The van der Waals surface area contributed by atoms with Crippen LogP contribution in [0.4, 0.5) is 4.39 Å². The van der Waals surface area contributed by atoms with E-state index in [0.29, 0.717) is 29.0 Å². The number of phenolic OH excluding ortho intramolecular Hbond substituents is 2. The SMILES string of the molecule is CCn1c(-c2cccc(O)c2O)nc2ccc(F)cc21. The molecule has 0 aliphatic heterocycles. The minimum Gasteiger partial charge on any atom is -0.504 e. The van der Waals surface area contributed by atoms with E-state index in [1.807, 2.05) is 6.92 Å². The highest BCUT2D eigenvalue weighted by atomic mass is 19.1. The summed E-state index contributed by atoms with van der Waals surface area (Å²) in [6, 6.07) is 9.05. The highest BCUT2D eigenvalue weighted by Crippen LogP contribution is 2.36. The van der Waals surface area contributed by atoms with E-state index in [4.69, 9.17) is 0 Å². The van der Waals surface area contributed by atoms with Crippen LogP contribution in [0, 0.1) is 5.82 Å². The third-order valence-corrected chi connectivity index (χ3v) is 3.28. The van der Waals surface area contributed by atoms with Crippen LogP contribution in [-0.4, -0.2) is 19.8 Å². The van der Waals surface area contributed by atoms with Crippen LogP contribution < -0.4 is 0 Å². The second-order valence-corrected chi connectivity index (χ2v) is 4.49. The number of para-hydroxylation sites is 1. The number of aromatic hydroxyl groups is 2. The third-order valence-electron chi connectivity index (χ3n) is 3.28. The molecule has 0 saturated heterocycles. The Bertz CT molecular complexity index is 796. The van der Waals surface area contributed by atoms with Gasteiger partial charge in [-0.25, -0.2) is 9.37 Å². The first-order valence-electron chi connectivity index (χ1n) is 6.29. The van der Waals surface area contributed by atoms with E-state index in [1.165, 1.54) is 18.2 Å². The van der Waals surface area contributed by atoms with E-state index in [1.54, 1.807) is 22.8 Å². The molecule has 0 spiro atoms. The van der Waals surface area contributed by atoms with Gasteiger partial charge in [0.1, 0.15) is 11.6 Å². The Labute approximate surface area is 114 Å². The van der Waals surface area contributed by atoms with E-state index in [-0.39, 0.29) is 17.3 Å². The molecule has 5 heteroatoms. The van der Waals surface area contributed by atoms with Crippen LogP contribution in [0.2, 0.25) is 0 Å². The quantitative estimate of drug-likeness (QED) is 0.704. The lowest BCUT2D eigenvalue weighted by molar-refractivity contribution is 0.405. The van der Waals surface area contributed by atoms with Gasteiger partial charge in [0.15, 0.2) is 11.5 Å². The number of aromatic nitrogens is 2. The molecular weight excluding hydrogens is 259 g/mol. The maximum atomic E-state index is 13.4. The molecule has 0 bridgehead atoms. The van der Waals surface area contributed by atoms with Gasteiger partial charge in [-0.05, 0) is 37.3 Å². The predicted octanol–water partition coefficient (Wildman–Crippen LogP) is 3.27. The summed E-state index contributed by atoms with van der Waals surface area (Å²) in [7, 11) is 0. The topological polar surface area (TPSA) is 58.3 Å². The number of phenols is 2. The molecule has 0 unspecified atom stereocenters. The van der Waals surface area contributed by atoms with Gasteiger partial charge in [-0.15, -0.1) is 0 Å². The summed E-state index contributed by atoms with van der Waals surface area (Å²) in [4.78, 5) is 4.42. The second kappa shape index (κ2) is 4.52. The third kappa shape index (κ3) is 1.79. The fourth-order valence-corrected chi connectivity index (χ4v) is 2.33.